The van der Waals surface area contributed by atoms with Crippen molar-refractivity contribution in [2.75, 3.05) is 26.2 Å². The van der Waals surface area contributed by atoms with Gasteiger partial charge in [-0.3, -0.25) is 0 Å². The zero-order valence-electron chi connectivity index (χ0n) is 28.0. The summed E-state index contributed by atoms with van der Waals surface area (Å²) in [5.74, 6) is 1.99. The summed E-state index contributed by atoms with van der Waals surface area (Å²) in [5.41, 5.74) is 7.64. The van der Waals surface area contributed by atoms with Crippen LogP contribution in [0, 0.1) is 55.4 Å². The predicted molar refractivity (Wildman–Crippen MR) is 185 cm³/mol. The Labute approximate surface area is 273 Å². The molecule has 1 fully saturated rings. The third-order valence-corrected chi connectivity index (χ3v) is 12.9. The Morgan fingerprint density at radius 1 is 0.413 bits per heavy atom. The molecule has 0 bridgehead atoms. The number of rotatable bonds is 10. The molecule has 0 aliphatic carbocycles. The van der Waals surface area contributed by atoms with Crippen molar-refractivity contribution >= 4 is 15.5 Å². The summed E-state index contributed by atoms with van der Waals surface area (Å²) < 4.78 is 58.5. The van der Waals surface area contributed by atoms with Crippen LogP contribution in [0.2, 0.25) is 0 Å². The maximum atomic E-state index is 14.9. The fourth-order valence-electron chi connectivity index (χ4n) is 5.23. The lowest BCUT2D eigenvalue weighted by Crippen LogP contribution is -2.45. The van der Waals surface area contributed by atoms with Crippen molar-refractivity contribution < 1.29 is 27.2 Å². The van der Waals surface area contributed by atoms with Crippen molar-refractivity contribution in [1.82, 2.24) is 9.34 Å². The topological polar surface area (TPSA) is 77.5 Å². The number of benzene rings is 4. The highest BCUT2D eigenvalue weighted by molar-refractivity contribution is 7.52. The van der Waals surface area contributed by atoms with Gasteiger partial charge in [-0.25, -0.2) is 9.13 Å². The normalized spacial score (nSPS) is 14.6. The number of nitrogens with zero attached hydrogens (tertiary/aromatic N) is 2. The third-order valence-electron chi connectivity index (χ3n) is 9.00. The van der Waals surface area contributed by atoms with Gasteiger partial charge >= 0.3 is 15.5 Å². The Bertz CT molecular complexity index is 1590. The highest BCUT2D eigenvalue weighted by Gasteiger charge is 2.46. The number of aryl methyl sites for hydroxylation is 4. The molecule has 0 radical (unpaired) electrons. The second-order valence-corrected chi connectivity index (χ2v) is 15.7. The van der Waals surface area contributed by atoms with E-state index in [2.05, 4.69) is 0 Å². The van der Waals surface area contributed by atoms with Crippen molar-refractivity contribution in [1.29, 1.82) is 0 Å². The molecular formula is C36H44N2O6P2. The molecule has 1 aliphatic rings. The Kier molecular flexibility index (Phi) is 10.0. The van der Waals surface area contributed by atoms with Crippen molar-refractivity contribution in [3.63, 3.8) is 0 Å². The van der Waals surface area contributed by atoms with E-state index < -0.39 is 15.5 Å². The van der Waals surface area contributed by atoms with Gasteiger partial charge in [-0.2, -0.15) is 9.34 Å². The van der Waals surface area contributed by atoms with E-state index in [0.717, 1.165) is 44.5 Å². The van der Waals surface area contributed by atoms with Crippen molar-refractivity contribution in [2.45, 2.75) is 55.4 Å². The SMILES string of the molecule is Cc1cccc(OP(=O)(Oc2cccc(C)c2C)N2CCN(P(=O)(Oc3cccc(C)c3C)Oc3cccc(C)c3C)CC2)c1C. The van der Waals surface area contributed by atoms with E-state index in [9.17, 15) is 9.13 Å². The molecule has 5 rings (SSSR count). The molecule has 0 N–H and O–H groups in total. The van der Waals surface area contributed by atoms with Crippen molar-refractivity contribution in [3.8, 4) is 23.0 Å². The minimum absolute atomic E-state index is 0.239. The molecule has 1 aliphatic heterocycles. The lowest BCUT2D eigenvalue weighted by molar-refractivity contribution is 0.194. The van der Waals surface area contributed by atoms with Crippen molar-refractivity contribution in [2.24, 2.45) is 0 Å². The van der Waals surface area contributed by atoms with Crippen LogP contribution in [0.4, 0.5) is 0 Å². The van der Waals surface area contributed by atoms with E-state index in [0.29, 0.717) is 23.0 Å². The average Bonchev–Trinajstić information content (AvgIpc) is 3.02. The van der Waals surface area contributed by atoms with E-state index >= 15 is 0 Å². The second-order valence-electron chi connectivity index (χ2n) is 12.0. The number of hydrogen-bond acceptors (Lipinski definition) is 6. The Hall–Kier alpha value is -3.54. The van der Waals surface area contributed by atoms with Gasteiger partial charge in [0.05, 0.1) is 0 Å². The van der Waals surface area contributed by atoms with Gasteiger partial charge in [0.25, 0.3) is 0 Å². The van der Waals surface area contributed by atoms with E-state index in [1.54, 1.807) is 9.34 Å². The van der Waals surface area contributed by atoms with Crippen LogP contribution in [0.25, 0.3) is 0 Å². The summed E-state index contributed by atoms with van der Waals surface area (Å²) >= 11 is 0. The highest BCUT2D eigenvalue weighted by Crippen LogP contribution is 2.57. The van der Waals surface area contributed by atoms with Gasteiger partial charge in [-0.1, -0.05) is 48.5 Å². The minimum atomic E-state index is -3.94. The maximum Gasteiger partial charge on any atom is 0.515 e. The summed E-state index contributed by atoms with van der Waals surface area (Å²) in [5, 5.41) is 0. The standard InChI is InChI=1S/C36H44N2O6P2/c1-25-13-9-17-33(29(25)5)41-45(39,42-34-18-10-14-26(2)30(34)6)37-21-23-38(24-22-37)46(40,43-35-19-11-15-27(3)31(35)7)44-36-20-12-16-28(4)32(36)8/h9-20H,21-24H2,1-8H3. The lowest BCUT2D eigenvalue weighted by atomic mass is 10.1. The molecule has 1 saturated heterocycles. The van der Waals surface area contributed by atoms with Crippen LogP contribution in [-0.4, -0.2) is 35.5 Å². The van der Waals surface area contributed by atoms with Crippen molar-refractivity contribution in [3.05, 3.63) is 117 Å². The molecule has 4 aromatic rings. The molecular weight excluding hydrogens is 618 g/mol. The van der Waals surface area contributed by atoms with Crippen LogP contribution in [-0.2, 0) is 9.13 Å². The van der Waals surface area contributed by atoms with Crippen LogP contribution >= 0.6 is 15.5 Å². The molecule has 0 aromatic heterocycles. The lowest BCUT2D eigenvalue weighted by Gasteiger charge is -2.39. The predicted octanol–water partition coefficient (Wildman–Crippen LogP) is 9.60. The number of piperazine rings is 1. The molecule has 244 valence electrons. The molecule has 8 nitrogen and oxygen atoms in total. The first-order valence-corrected chi connectivity index (χ1v) is 18.5. The monoisotopic (exact) mass is 662 g/mol. The smallest absolute Gasteiger partial charge is 0.404 e. The summed E-state index contributed by atoms with van der Waals surface area (Å²) in [6, 6.07) is 22.7. The number of hydrogen-bond donors (Lipinski definition) is 0. The minimum Gasteiger partial charge on any atom is -0.404 e. The Morgan fingerprint density at radius 2 is 0.630 bits per heavy atom. The molecule has 0 unspecified atom stereocenters. The first kappa shape index (κ1) is 33.8. The maximum absolute atomic E-state index is 14.9. The fourth-order valence-corrected chi connectivity index (χ4v) is 8.89. The summed E-state index contributed by atoms with van der Waals surface area (Å²) in [4.78, 5) is 0. The fraction of sp³-hybridized carbons (Fsp3) is 0.333. The van der Waals surface area contributed by atoms with Gasteiger partial charge in [-0.05, 0) is 124 Å². The van der Waals surface area contributed by atoms with Gasteiger partial charge < -0.3 is 18.1 Å². The summed E-state index contributed by atoms with van der Waals surface area (Å²) in [6.45, 7) is 16.7. The van der Waals surface area contributed by atoms with E-state index in [4.69, 9.17) is 18.1 Å². The van der Waals surface area contributed by atoms with E-state index in [-0.39, 0.29) is 26.2 Å². The largest absolute Gasteiger partial charge is 0.515 e. The zero-order valence-corrected chi connectivity index (χ0v) is 29.8. The molecule has 0 spiro atoms. The van der Waals surface area contributed by atoms with Gasteiger partial charge in [0.2, 0.25) is 0 Å². The first-order chi connectivity index (χ1) is 21.8. The molecule has 0 saturated carbocycles. The average molecular weight is 663 g/mol. The molecule has 4 aromatic carbocycles. The van der Waals surface area contributed by atoms with Crippen LogP contribution < -0.4 is 18.1 Å². The molecule has 10 heteroatoms. The highest BCUT2D eigenvalue weighted by atomic mass is 31.2. The zero-order chi connectivity index (χ0) is 33.2. The van der Waals surface area contributed by atoms with Crippen LogP contribution in [0.15, 0.2) is 72.8 Å². The third kappa shape index (κ3) is 7.06. The second kappa shape index (κ2) is 13.7. The first-order valence-electron chi connectivity index (χ1n) is 15.6. The molecule has 46 heavy (non-hydrogen) atoms. The summed E-state index contributed by atoms with van der Waals surface area (Å²) in [7, 11) is -7.87. The van der Waals surface area contributed by atoms with Gasteiger partial charge in [0.15, 0.2) is 0 Å². The quantitative estimate of drug-likeness (QED) is 0.155. The van der Waals surface area contributed by atoms with Crippen LogP contribution in [0.1, 0.15) is 44.5 Å². The van der Waals surface area contributed by atoms with Gasteiger partial charge in [0.1, 0.15) is 23.0 Å². The van der Waals surface area contributed by atoms with E-state index in [1.165, 1.54) is 0 Å². The van der Waals surface area contributed by atoms with E-state index in [1.807, 2.05) is 128 Å². The Morgan fingerprint density at radius 3 is 0.848 bits per heavy atom. The Balaban J connectivity index is 1.47. The molecule has 0 atom stereocenters. The molecule has 1 heterocycles. The van der Waals surface area contributed by atoms with Crippen LogP contribution in [0.3, 0.4) is 0 Å². The van der Waals surface area contributed by atoms with Crippen LogP contribution in [0.5, 0.6) is 23.0 Å². The van der Waals surface area contributed by atoms with Gasteiger partial charge in [-0.15, -0.1) is 0 Å². The molecule has 0 amide bonds. The summed E-state index contributed by atoms with van der Waals surface area (Å²) in [6.07, 6.45) is 0. The van der Waals surface area contributed by atoms with Gasteiger partial charge in [0, 0.05) is 26.2 Å².